The number of aliphatic carboxylic acids is 1. The van der Waals surface area contributed by atoms with E-state index in [2.05, 4.69) is 10.3 Å². The molecule has 0 saturated heterocycles. The number of aromatic nitrogens is 1. The molecule has 10 heteroatoms. The second-order valence-corrected chi connectivity index (χ2v) is 9.35. The summed E-state index contributed by atoms with van der Waals surface area (Å²) in [5, 5.41) is 14.3. The summed E-state index contributed by atoms with van der Waals surface area (Å²) in [7, 11) is 0. The highest BCUT2D eigenvalue weighted by Gasteiger charge is 2.29. The summed E-state index contributed by atoms with van der Waals surface area (Å²) in [5.41, 5.74) is 3.87. The van der Waals surface area contributed by atoms with Crippen LogP contribution in [0.3, 0.4) is 0 Å². The van der Waals surface area contributed by atoms with Gasteiger partial charge >= 0.3 is 6.18 Å². The lowest BCUT2D eigenvalue weighted by Gasteiger charge is -2.26. The van der Waals surface area contributed by atoms with Gasteiger partial charge in [0.2, 0.25) is 5.52 Å². The Morgan fingerprint density at radius 2 is 1.47 bits per heavy atom. The van der Waals surface area contributed by atoms with Gasteiger partial charge in [-0.2, -0.15) is 13.2 Å². The third kappa shape index (κ3) is 7.94. The number of halogens is 5. The van der Waals surface area contributed by atoms with Crippen molar-refractivity contribution in [2.75, 3.05) is 0 Å². The van der Waals surface area contributed by atoms with Crippen molar-refractivity contribution in [2.45, 2.75) is 31.5 Å². The van der Waals surface area contributed by atoms with Crippen LogP contribution in [0.15, 0.2) is 85.1 Å². The van der Waals surface area contributed by atoms with E-state index in [-0.39, 0.29) is 17.9 Å². The van der Waals surface area contributed by atoms with Crippen LogP contribution < -0.4 is 15.4 Å². The summed E-state index contributed by atoms with van der Waals surface area (Å²) < 4.78 is 31.5. The highest BCUT2D eigenvalue weighted by atomic mass is 35.5. The smallest absolute Gasteiger partial charge is 0.430 e. The number of pyridine rings is 1. The molecule has 1 heterocycles. The molecule has 0 aliphatic rings. The van der Waals surface area contributed by atoms with Gasteiger partial charge in [0.25, 0.3) is 5.91 Å². The van der Waals surface area contributed by atoms with Crippen molar-refractivity contribution in [3.8, 4) is 0 Å². The molecular weight excluding hydrogens is 540 g/mol. The Bertz CT molecular complexity index is 1390. The Balaban J connectivity index is 0.000000505. The van der Waals surface area contributed by atoms with Gasteiger partial charge in [0.05, 0.1) is 10.9 Å². The Kier molecular flexibility index (Phi) is 9.72. The minimum atomic E-state index is -5.19. The summed E-state index contributed by atoms with van der Waals surface area (Å²) in [6.45, 7) is 2.05. The maximum absolute atomic E-state index is 13.2. The predicted octanol–water partition coefficient (Wildman–Crippen LogP) is 5.40. The number of fused-ring (bicyclic) bond motifs is 1. The fourth-order valence-corrected chi connectivity index (χ4v) is 4.15. The van der Waals surface area contributed by atoms with Gasteiger partial charge in [0.1, 0.15) is 5.97 Å². The molecule has 0 fully saturated rings. The molecule has 0 saturated carbocycles. The highest BCUT2D eigenvalue weighted by Crippen LogP contribution is 2.27. The normalized spacial score (nSPS) is 12.7. The number of carbonyl (C=O) groups is 2. The van der Waals surface area contributed by atoms with Gasteiger partial charge in [-0.25, -0.2) is 4.98 Å². The van der Waals surface area contributed by atoms with E-state index in [1.165, 1.54) is 0 Å². The quantitative estimate of drug-likeness (QED) is 0.341. The zero-order valence-electron chi connectivity index (χ0n) is 20.1. The van der Waals surface area contributed by atoms with Crippen LogP contribution >= 0.6 is 23.2 Å². The van der Waals surface area contributed by atoms with E-state index in [9.17, 15) is 18.0 Å². The molecule has 0 radical (unpaired) electrons. The lowest BCUT2D eigenvalue weighted by atomic mass is 9.86. The topological polar surface area (TPSA) is 83.4 Å². The van der Waals surface area contributed by atoms with E-state index in [0.717, 1.165) is 28.5 Å². The number of H-pyrrole nitrogens is 1. The average Bonchev–Trinajstić information content (AvgIpc) is 2.88. The van der Waals surface area contributed by atoms with Gasteiger partial charge in [-0.15, -0.1) is 0 Å². The number of aromatic amines is 1. The zero-order chi connectivity index (χ0) is 27.9. The average molecular weight is 563 g/mol. The lowest BCUT2D eigenvalue weighted by molar-refractivity contribution is -0.344. The molecule has 5 nitrogen and oxygen atoms in total. The molecule has 4 rings (SSSR count). The van der Waals surface area contributed by atoms with Crippen LogP contribution in [-0.2, 0) is 11.2 Å². The largest absolute Gasteiger partial charge is 0.542 e. The van der Waals surface area contributed by atoms with E-state index in [1.807, 2.05) is 85.8 Å². The van der Waals surface area contributed by atoms with Crippen molar-refractivity contribution in [1.82, 2.24) is 5.32 Å². The van der Waals surface area contributed by atoms with Crippen molar-refractivity contribution in [3.63, 3.8) is 0 Å². The number of amides is 1. The molecule has 198 valence electrons. The number of para-hydroxylation sites is 1. The third-order valence-electron chi connectivity index (χ3n) is 5.81. The molecule has 0 unspecified atom stereocenters. The SMILES string of the molecule is C[C@@H](NC(=O)c1cc[nH+]c2ccccc12)[C@H](Cc1ccc(Cl)cc1)c1ccc(Cl)cc1.O=C([O-])C(F)(F)F. The number of carboxylic acid groups (broad SMARTS) is 1. The second kappa shape index (κ2) is 12.8. The Hall–Kier alpha value is -3.62. The maximum atomic E-state index is 13.2. The molecule has 2 atom stereocenters. The summed E-state index contributed by atoms with van der Waals surface area (Å²) >= 11 is 12.2. The van der Waals surface area contributed by atoms with Gasteiger partial charge in [0, 0.05) is 34.1 Å². The first-order valence-electron chi connectivity index (χ1n) is 11.4. The van der Waals surface area contributed by atoms with Crippen LogP contribution in [0.1, 0.15) is 34.3 Å². The molecule has 4 aromatic rings. The molecule has 0 bridgehead atoms. The number of hydrogen-bond donors (Lipinski definition) is 1. The number of hydrogen-bond acceptors (Lipinski definition) is 3. The number of alkyl halides is 3. The second-order valence-electron chi connectivity index (χ2n) is 8.47. The number of rotatable bonds is 6. The van der Waals surface area contributed by atoms with Crippen LogP contribution in [0.25, 0.3) is 10.9 Å². The molecule has 3 aromatic carbocycles. The molecule has 1 amide bonds. The van der Waals surface area contributed by atoms with Gasteiger partial charge in [0.15, 0.2) is 6.20 Å². The number of nitrogens with one attached hydrogen (secondary N) is 2. The summed E-state index contributed by atoms with van der Waals surface area (Å²) in [6.07, 6.45) is -2.63. The van der Waals surface area contributed by atoms with Crippen molar-refractivity contribution in [3.05, 3.63) is 112 Å². The lowest BCUT2D eigenvalue weighted by Crippen LogP contribution is -2.38. The molecular formula is C28H23Cl2F3N2O3. The van der Waals surface area contributed by atoms with E-state index >= 15 is 0 Å². The van der Waals surface area contributed by atoms with Gasteiger partial charge in [-0.3, -0.25) is 4.79 Å². The van der Waals surface area contributed by atoms with Crippen LogP contribution in [0, 0.1) is 0 Å². The van der Waals surface area contributed by atoms with Gasteiger partial charge < -0.3 is 15.2 Å². The van der Waals surface area contributed by atoms with Crippen LogP contribution in [0.4, 0.5) is 13.2 Å². The van der Waals surface area contributed by atoms with Crippen LogP contribution in [0.5, 0.6) is 0 Å². The predicted molar refractivity (Wildman–Crippen MR) is 138 cm³/mol. The zero-order valence-corrected chi connectivity index (χ0v) is 21.6. The first-order valence-corrected chi connectivity index (χ1v) is 12.2. The van der Waals surface area contributed by atoms with Crippen molar-refractivity contribution >= 4 is 46.0 Å². The van der Waals surface area contributed by atoms with Gasteiger partial charge in [-0.1, -0.05) is 59.6 Å². The summed E-state index contributed by atoms with van der Waals surface area (Å²) in [5.74, 6) is -3.02. The fourth-order valence-electron chi connectivity index (χ4n) is 3.90. The first kappa shape index (κ1) is 28.9. The number of benzene rings is 3. The van der Waals surface area contributed by atoms with Crippen molar-refractivity contribution in [1.29, 1.82) is 0 Å². The Morgan fingerprint density at radius 3 is 2.05 bits per heavy atom. The van der Waals surface area contributed by atoms with E-state index in [4.69, 9.17) is 33.1 Å². The Labute approximate surface area is 227 Å². The number of carbonyl (C=O) groups excluding carboxylic acids is 2. The molecule has 1 aromatic heterocycles. The van der Waals surface area contributed by atoms with Crippen LogP contribution in [0.2, 0.25) is 10.0 Å². The monoisotopic (exact) mass is 562 g/mol. The highest BCUT2D eigenvalue weighted by molar-refractivity contribution is 6.30. The maximum Gasteiger partial charge on any atom is 0.430 e. The van der Waals surface area contributed by atoms with E-state index < -0.39 is 12.1 Å². The van der Waals surface area contributed by atoms with Crippen molar-refractivity contribution in [2.24, 2.45) is 0 Å². The fraction of sp³-hybridized carbons (Fsp3) is 0.179. The number of carboxylic acids is 1. The third-order valence-corrected chi connectivity index (χ3v) is 6.32. The Morgan fingerprint density at radius 1 is 0.921 bits per heavy atom. The van der Waals surface area contributed by atoms with E-state index in [1.54, 1.807) is 6.20 Å². The van der Waals surface area contributed by atoms with Gasteiger partial charge in [-0.05, 0) is 54.8 Å². The van der Waals surface area contributed by atoms with E-state index in [0.29, 0.717) is 15.6 Å². The summed E-state index contributed by atoms with van der Waals surface area (Å²) in [4.78, 5) is 25.2. The molecule has 0 spiro atoms. The van der Waals surface area contributed by atoms with Crippen LogP contribution in [-0.4, -0.2) is 24.1 Å². The molecule has 38 heavy (non-hydrogen) atoms. The molecule has 0 aliphatic carbocycles. The molecule has 0 aliphatic heterocycles. The summed E-state index contributed by atoms with van der Waals surface area (Å²) in [6, 6.07) is 25.2. The standard InChI is InChI=1S/C26H22Cl2N2O.C2HF3O2/c1-17(30-26(31)23-14-15-29-25-5-3-2-4-22(23)25)24(19-8-12-21(28)13-9-19)16-18-6-10-20(27)11-7-18;3-2(4,5)1(6)7/h2-15,17,24H,16H2,1H3,(H,30,31);(H,6,7)/t17-,24+;/m1./s1. The first-order chi connectivity index (χ1) is 18.0. The minimum absolute atomic E-state index is 0.0731. The minimum Gasteiger partial charge on any atom is -0.542 e. The van der Waals surface area contributed by atoms with Crippen molar-refractivity contribution < 1.29 is 32.9 Å². The molecule has 2 N–H and O–H groups in total.